The smallest absolute Gasteiger partial charge is 0.318 e. The van der Waals surface area contributed by atoms with E-state index < -0.39 is 0 Å². The van der Waals surface area contributed by atoms with Gasteiger partial charge in [0.1, 0.15) is 0 Å². The van der Waals surface area contributed by atoms with Crippen LogP contribution in [-0.2, 0) is 6.54 Å². The largest absolute Gasteiger partial charge is 0.334 e. The highest BCUT2D eigenvalue weighted by Crippen LogP contribution is 2.11. The van der Waals surface area contributed by atoms with Crippen LogP contribution in [0.4, 0.5) is 4.79 Å². The molecular weight excluding hydrogens is 218 g/mol. The van der Waals surface area contributed by atoms with Gasteiger partial charge >= 0.3 is 6.03 Å². The molecule has 0 radical (unpaired) electrons. The lowest BCUT2D eigenvalue weighted by atomic mass is 10.3. The van der Waals surface area contributed by atoms with Crippen LogP contribution in [0.25, 0.3) is 0 Å². The van der Waals surface area contributed by atoms with E-state index in [0.29, 0.717) is 19.1 Å². The third-order valence-corrected chi connectivity index (χ3v) is 2.89. The molecule has 1 aliphatic heterocycles. The molecule has 6 heteroatoms. The van der Waals surface area contributed by atoms with E-state index in [4.69, 9.17) is 5.84 Å². The number of hydrogen-bond donors (Lipinski definition) is 1. The van der Waals surface area contributed by atoms with Crippen molar-refractivity contribution in [1.82, 2.24) is 19.7 Å². The van der Waals surface area contributed by atoms with E-state index in [0.717, 1.165) is 18.7 Å². The number of nitrogens with zero attached hydrogens (tertiary/aromatic N) is 4. The first-order valence-electron chi connectivity index (χ1n) is 5.93. The van der Waals surface area contributed by atoms with Crippen LogP contribution >= 0.6 is 0 Å². The molecule has 1 fully saturated rings. The minimum atomic E-state index is -0.115. The molecule has 0 saturated carbocycles. The van der Waals surface area contributed by atoms with Crippen LogP contribution in [0.3, 0.4) is 0 Å². The summed E-state index contributed by atoms with van der Waals surface area (Å²) >= 11 is 0. The van der Waals surface area contributed by atoms with Gasteiger partial charge in [-0.2, -0.15) is 5.10 Å². The average Bonchev–Trinajstić information content (AvgIpc) is 2.73. The summed E-state index contributed by atoms with van der Waals surface area (Å²) in [7, 11) is 0. The zero-order valence-corrected chi connectivity index (χ0v) is 10.3. The minimum Gasteiger partial charge on any atom is -0.318 e. The number of rotatable bonds is 3. The first-order chi connectivity index (χ1) is 8.08. The Morgan fingerprint density at radius 2 is 2.24 bits per heavy atom. The van der Waals surface area contributed by atoms with Crippen LogP contribution in [-0.4, -0.2) is 38.8 Å². The predicted octanol–water partition coefficient (Wildman–Crippen LogP) is 0.965. The number of urea groups is 1. The highest BCUT2D eigenvalue weighted by atomic mass is 16.2. The van der Waals surface area contributed by atoms with Crippen molar-refractivity contribution in [1.29, 1.82) is 0 Å². The van der Waals surface area contributed by atoms with Gasteiger partial charge in [0, 0.05) is 25.3 Å². The SMILES string of the molecule is CC(C)n1ccc(CN2CCCN(N)C2=O)n1. The fourth-order valence-corrected chi connectivity index (χ4v) is 1.90. The number of aromatic nitrogens is 2. The highest BCUT2D eigenvalue weighted by Gasteiger charge is 2.23. The fraction of sp³-hybridized carbons (Fsp3) is 0.636. The summed E-state index contributed by atoms with van der Waals surface area (Å²) in [5, 5.41) is 5.69. The molecule has 0 atom stereocenters. The average molecular weight is 237 g/mol. The van der Waals surface area contributed by atoms with E-state index in [1.165, 1.54) is 5.01 Å². The molecular formula is C11H19N5O. The summed E-state index contributed by atoms with van der Waals surface area (Å²) < 4.78 is 1.89. The van der Waals surface area contributed by atoms with Gasteiger partial charge in [-0.25, -0.2) is 10.6 Å². The molecule has 6 nitrogen and oxygen atoms in total. The number of hydrazine groups is 1. The van der Waals surface area contributed by atoms with Crippen LogP contribution in [0.1, 0.15) is 32.0 Å². The summed E-state index contributed by atoms with van der Waals surface area (Å²) in [6.45, 7) is 6.07. The van der Waals surface area contributed by atoms with Gasteiger partial charge in [-0.15, -0.1) is 0 Å². The monoisotopic (exact) mass is 237 g/mol. The summed E-state index contributed by atoms with van der Waals surface area (Å²) in [6.07, 6.45) is 2.85. The van der Waals surface area contributed by atoms with E-state index in [1.54, 1.807) is 4.90 Å². The maximum atomic E-state index is 11.8. The third kappa shape index (κ3) is 2.58. The van der Waals surface area contributed by atoms with Crippen LogP contribution in [0.15, 0.2) is 12.3 Å². The molecule has 0 aliphatic carbocycles. The summed E-state index contributed by atoms with van der Waals surface area (Å²) in [6, 6.07) is 2.17. The zero-order chi connectivity index (χ0) is 12.4. The highest BCUT2D eigenvalue weighted by molar-refractivity contribution is 5.74. The van der Waals surface area contributed by atoms with Crippen molar-refractivity contribution < 1.29 is 4.79 Å². The summed E-state index contributed by atoms with van der Waals surface area (Å²) in [5.41, 5.74) is 0.905. The number of amides is 2. The lowest BCUT2D eigenvalue weighted by Gasteiger charge is -2.32. The third-order valence-electron chi connectivity index (χ3n) is 2.89. The second-order valence-corrected chi connectivity index (χ2v) is 4.63. The van der Waals surface area contributed by atoms with Crippen molar-refractivity contribution in [3.63, 3.8) is 0 Å². The van der Waals surface area contributed by atoms with Gasteiger partial charge in [0.15, 0.2) is 0 Å². The van der Waals surface area contributed by atoms with E-state index >= 15 is 0 Å². The topological polar surface area (TPSA) is 67.4 Å². The Balaban J connectivity index is 2.02. The van der Waals surface area contributed by atoms with Crippen LogP contribution in [0.5, 0.6) is 0 Å². The van der Waals surface area contributed by atoms with Crippen molar-refractivity contribution in [3.8, 4) is 0 Å². The molecule has 1 aromatic rings. The number of hydrogen-bond acceptors (Lipinski definition) is 3. The maximum absolute atomic E-state index is 11.8. The molecule has 94 valence electrons. The molecule has 1 saturated heterocycles. The minimum absolute atomic E-state index is 0.115. The van der Waals surface area contributed by atoms with Crippen LogP contribution < -0.4 is 5.84 Å². The Hall–Kier alpha value is -1.56. The molecule has 2 heterocycles. The molecule has 2 rings (SSSR count). The van der Waals surface area contributed by atoms with Crippen LogP contribution in [0, 0.1) is 0 Å². The second kappa shape index (κ2) is 4.75. The Morgan fingerprint density at radius 1 is 1.47 bits per heavy atom. The van der Waals surface area contributed by atoms with Crippen molar-refractivity contribution in [3.05, 3.63) is 18.0 Å². The van der Waals surface area contributed by atoms with E-state index in [1.807, 2.05) is 16.9 Å². The molecule has 1 aliphatic rings. The molecule has 0 unspecified atom stereocenters. The second-order valence-electron chi connectivity index (χ2n) is 4.63. The standard InChI is InChI=1S/C11H19N5O/c1-9(2)16-7-4-10(13-16)8-14-5-3-6-15(12)11(14)17/h4,7,9H,3,5-6,8,12H2,1-2H3. The van der Waals surface area contributed by atoms with Crippen molar-refractivity contribution >= 4 is 6.03 Å². The normalized spacial score (nSPS) is 17.1. The van der Waals surface area contributed by atoms with Gasteiger partial charge in [-0.05, 0) is 26.3 Å². The molecule has 0 aromatic carbocycles. The maximum Gasteiger partial charge on any atom is 0.334 e. The van der Waals surface area contributed by atoms with E-state index in [-0.39, 0.29) is 6.03 Å². The molecule has 2 amide bonds. The van der Waals surface area contributed by atoms with Crippen molar-refractivity contribution in [2.75, 3.05) is 13.1 Å². The van der Waals surface area contributed by atoms with Gasteiger partial charge in [-0.3, -0.25) is 9.69 Å². The Bertz CT molecular complexity index is 400. The molecule has 2 N–H and O–H groups in total. The lowest BCUT2D eigenvalue weighted by molar-refractivity contribution is 0.126. The fourth-order valence-electron chi connectivity index (χ4n) is 1.90. The Kier molecular flexibility index (Phi) is 3.33. The molecule has 0 spiro atoms. The quantitative estimate of drug-likeness (QED) is 0.629. The molecule has 1 aromatic heterocycles. The van der Waals surface area contributed by atoms with Gasteiger partial charge in [-0.1, -0.05) is 0 Å². The summed E-state index contributed by atoms with van der Waals surface area (Å²) in [4.78, 5) is 13.5. The van der Waals surface area contributed by atoms with Gasteiger partial charge in [0.25, 0.3) is 0 Å². The van der Waals surface area contributed by atoms with Gasteiger partial charge in [0.2, 0.25) is 0 Å². The molecule has 0 bridgehead atoms. The lowest BCUT2D eigenvalue weighted by Crippen LogP contribution is -2.52. The molecule has 17 heavy (non-hydrogen) atoms. The number of carbonyl (C=O) groups is 1. The number of nitrogens with two attached hydrogens (primary N) is 1. The zero-order valence-electron chi connectivity index (χ0n) is 10.3. The Labute approximate surface area is 101 Å². The van der Waals surface area contributed by atoms with E-state index in [9.17, 15) is 4.79 Å². The summed E-state index contributed by atoms with van der Waals surface area (Å²) in [5.74, 6) is 5.59. The first-order valence-corrected chi connectivity index (χ1v) is 5.93. The first kappa shape index (κ1) is 11.9. The Morgan fingerprint density at radius 3 is 2.88 bits per heavy atom. The van der Waals surface area contributed by atoms with Crippen molar-refractivity contribution in [2.24, 2.45) is 5.84 Å². The number of carbonyl (C=O) groups excluding carboxylic acids is 1. The predicted molar refractivity (Wildman–Crippen MR) is 63.9 cm³/mol. The van der Waals surface area contributed by atoms with E-state index in [2.05, 4.69) is 18.9 Å². The van der Waals surface area contributed by atoms with Crippen LogP contribution in [0.2, 0.25) is 0 Å². The van der Waals surface area contributed by atoms with Gasteiger partial charge in [0.05, 0.1) is 12.2 Å². The van der Waals surface area contributed by atoms with Crippen molar-refractivity contribution in [2.45, 2.75) is 32.9 Å². The van der Waals surface area contributed by atoms with Gasteiger partial charge < -0.3 is 4.90 Å².